The molecule has 0 spiro atoms. The fourth-order valence-electron chi connectivity index (χ4n) is 3.06. The van der Waals surface area contributed by atoms with Crippen molar-refractivity contribution in [2.24, 2.45) is 0 Å². The van der Waals surface area contributed by atoms with Crippen LogP contribution in [0.15, 0.2) is 48.5 Å². The van der Waals surface area contributed by atoms with Crippen LogP contribution in [0.5, 0.6) is 5.75 Å². The number of rotatable bonds is 10. The lowest BCUT2D eigenvalue weighted by molar-refractivity contribution is 0.0755. The Hall–Kier alpha value is -2.93. The second-order valence-corrected chi connectivity index (χ2v) is 7.53. The van der Waals surface area contributed by atoms with Gasteiger partial charge < -0.3 is 15.0 Å². The Labute approximate surface area is 190 Å². The van der Waals surface area contributed by atoms with E-state index in [1.807, 2.05) is 17.9 Å². The van der Waals surface area contributed by atoms with Crippen molar-refractivity contribution in [1.82, 2.24) is 10.2 Å². The summed E-state index contributed by atoms with van der Waals surface area (Å²) in [5, 5.41) is 5.84. The first-order valence-electron chi connectivity index (χ1n) is 10.7. The normalized spacial score (nSPS) is 10.3. The molecule has 0 aliphatic heterocycles. The molecule has 0 unspecified atom stereocenters. The number of nitrogens with one attached hydrogen (secondary N) is 2. The molecule has 0 radical (unpaired) electrons. The summed E-state index contributed by atoms with van der Waals surface area (Å²) >= 11 is 5.28. The topological polar surface area (TPSA) is 70.7 Å². The zero-order valence-electron chi connectivity index (χ0n) is 18.4. The van der Waals surface area contributed by atoms with E-state index in [2.05, 4.69) is 24.5 Å². The van der Waals surface area contributed by atoms with Crippen LogP contribution in [0.3, 0.4) is 0 Å². The molecular formula is C24H31N3O3S. The summed E-state index contributed by atoms with van der Waals surface area (Å²) in [6, 6.07) is 14.1. The number of nitrogens with zero attached hydrogens (tertiary/aromatic N) is 1. The van der Waals surface area contributed by atoms with E-state index in [-0.39, 0.29) is 16.9 Å². The molecular weight excluding hydrogens is 410 g/mol. The van der Waals surface area contributed by atoms with E-state index in [1.165, 1.54) is 0 Å². The second-order valence-electron chi connectivity index (χ2n) is 7.12. The van der Waals surface area contributed by atoms with Crippen LogP contribution in [-0.4, -0.2) is 41.5 Å². The minimum absolute atomic E-state index is 0.0230. The van der Waals surface area contributed by atoms with E-state index in [4.69, 9.17) is 17.0 Å². The predicted octanol–water partition coefficient (Wildman–Crippen LogP) is 4.86. The van der Waals surface area contributed by atoms with Crippen molar-refractivity contribution in [1.29, 1.82) is 0 Å². The minimum Gasteiger partial charge on any atom is -0.493 e. The van der Waals surface area contributed by atoms with Gasteiger partial charge in [0, 0.05) is 24.3 Å². The maximum absolute atomic E-state index is 12.7. The van der Waals surface area contributed by atoms with E-state index in [1.54, 1.807) is 42.5 Å². The summed E-state index contributed by atoms with van der Waals surface area (Å²) in [6.07, 6.45) is 2.70. The van der Waals surface area contributed by atoms with E-state index in [0.29, 0.717) is 29.2 Å². The Morgan fingerprint density at radius 1 is 0.935 bits per heavy atom. The SMILES string of the molecule is CCCOc1ccccc1C(=O)NC(=S)Nc1ccc(C(=O)N(CCC)CCC)cc1. The Bertz CT molecular complexity index is 878. The van der Waals surface area contributed by atoms with Crippen molar-refractivity contribution in [3.05, 3.63) is 59.7 Å². The number of hydrogen-bond acceptors (Lipinski definition) is 4. The third-order valence-electron chi connectivity index (χ3n) is 4.48. The molecule has 2 N–H and O–H groups in total. The maximum Gasteiger partial charge on any atom is 0.261 e. The molecule has 0 aliphatic carbocycles. The van der Waals surface area contributed by atoms with Crippen LogP contribution in [-0.2, 0) is 0 Å². The van der Waals surface area contributed by atoms with Crippen molar-refractivity contribution in [3.63, 3.8) is 0 Å². The van der Waals surface area contributed by atoms with Gasteiger partial charge in [-0.15, -0.1) is 0 Å². The van der Waals surface area contributed by atoms with Gasteiger partial charge in [-0.2, -0.15) is 0 Å². The van der Waals surface area contributed by atoms with Crippen LogP contribution in [0.2, 0.25) is 0 Å². The lowest BCUT2D eigenvalue weighted by Crippen LogP contribution is -2.34. The summed E-state index contributed by atoms with van der Waals surface area (Å²) in [7, 11) is 0. The average molecular weight is 442 g/mol. The first-order valence-corrected chi connectivity index (χ1v) is 11.1. The molecule has 0 saturated heterocycles. The summed E-state index contributed by atoms with van der Waals surface area (Å²) in [5.41, 5.74) is 1.74. The summed E-state index contributed by atoms with van der Waals surface area (Å²) in [4.78, 5) is 27.1. The van der Waals surface area contributed by atoms with Gasteiger partial charge in [0.05, 0.1) is 12.2 Å². The summed E-state index contributed by atoms with van der Waals surface area (Å²) in [6.45, 7) is 8.15. The lowest BCUT2D eigenvalue weighted by Gasteiger charge is -2.21. The zero-order valence-corrected chi connectivity index (χ0v) is 19.3. The van der Waals surface area contributed by atoms with E-state index < -0.39 is 0 Å². The van der Waals surface area contributed by atoms with Gasteiger partial charge in [0.15, 0.2) is 5.11 Å². The molecule has 0 aliphatic rings. The molecule has 7 heteroatoms. The fourth-order valence-corrected chi connectivity index (χ4v) is 3.27. The molecule has 2 aromatic carbocycles. The number of para-hydroxylation sites is 1. The molecule has 0 heterocycles. The van der Waals surface area contributed by atoms with Crippen molar-refractivity contribution >= 4 is 34.8 Å². The average Bonchev–Trinajstić information content (AvgIpc) is 2.77. The maximum atomic E-state index is 12.7. The first-order chi connectivity index (χ1) is 15.0. The molecule has 31 heavy (non-hydrogen) atoms. The van der Waals surface area contributed by atoms with Gasteiger partial charge in [0.25, 0.3) is 11.8 Å². The van der Waals surface area contributed by atoms with Gasteiger partial charge in [-0.25, -0.2) is 0 Å². The van der Waals surface area contributed by atoms with E-state index in [9.17, 15) is 9.59 Å². The Kier molecular flexibility index (Phi) is 9.97. The van der Waals surface area contributed by atoms with Crippen molar-refractivity contribution in [2.75, 3.05) is 25.0 Å². The van der Waals surface area contributed by atoms with Crippen LogP contribution in [0, 0.1) is 0 Å². The van der Waals surface area contributed by atoms with Gasteiger partial charge >= 0.3 is 0 Å². The van der Waals surface area contributed by atoms with Crippen LogP contribution >= 0.6 is 12.2 Å². The van der Waals surface area contributed by atoms with E-state index in [0.717, 1.165) is 32.4 Å². The highest BCUT2D eigenvalue weighted by atomic mass is 32.1. The van der Waals surface area contributed by atoms with Crippen LogP contribution in [0.4, 0.5) is 5.69 Å². The number of benzene rings is 2. The van der Waals surface area contributed by atoms with Crippen molar-refractivity contribution in [2.45, 2.75) is 40.0 Å². The van der Waals surface area contributed by atoms with Crippen molar-refractivity contribution in [3.8, 4) is 5.75 Å². The molecule has 166 valence electrons. The molecule has 0 bridgehead atoms. The molecule has 2 aromatic rings. The molecule has 0 fully saturated rings. The summed E-state index contributed by atoms with van der Waals surface area (Å²) < 4.78 is 5.64. The van der Waals surface area contributed by atoms with Gasteiger partial charge in [0.2, 0.25) is 0 Å². The molecule has 0 atom stereocenters. The van der Waals surface area contributed by atoms with Gasteiger partial charge in [-0.05, 0) is 67.9 Å². The number of hydrogen-bond donors (Lipinski definition) is 2. The van der Waals surface area contributed by atoms with Crippen LogP contribution in [0.1, 0.15) is 60.7 Å². The number of ether oxygens (including phenoxy) is 1. The number of carbonyl (C=O) groups is 2. The fraction of sp³-hybridized carbons (Fsp3) is 0.375. The van der Waals surface area contributed by atoms with E-state index >= 15 is 0 Å². The predicted molar refractivity (Wildman–Crippen MR) is 129 cm³/mol. The van der Waals surface area contributed by atoms with Gasteiger partial charge in [-0.1, -0.05) is 32.9 Å². The lowest BCUT2D eigenvalue weighted by atomic mass is 10.1. The first kappa shape index (κ1) is 24.3. The van der Waals surface area contributed by atoms with Gasteiger partial charge in [-0.3, -0.25) is 14.9 Å². The summed E-state index contributed by atoms with van der Waals surface area (Å²) in [5.74, 6) is 0.205. The zero-order chi connectivity index (χ0) is 22.6. The van der Waals surface area contributed by atoms with Gasteiger partial charge in [0.1, 0.15) is 5.75 Å². The Balaban J connectivity index is 1.98. The third kappa shape index (κ3) is 7.36. The molecule has 2 rings (SSSR count). The highest BCUT2D eigenvalue weighted by Gasteiger charge is 2.15. The Morgan fingerprint density at radius 2 is 1.58 bits per heavy atom. The van der Waals surface area contributed by atoms with Crippen molar-refractivity contribution < 1.29 is 14.3 Å². The smallest absolute Gasteiger partial charge is 0.261 e. The molecule has 0 aromatic heterocycles. The van der Waals surface area contributed by atoms with Crippen LogP contribution in [0.25, 0.3) is 0 Å². The minimum atomic E-state index is -0.342. The molecule has 6 nitrogen and oxygen atoms in total. The number of anilines is 1. The molecule has 0 saturated carbocycles. The van der Waals surface area contributed by atoms with Crippen LogP contribution < -0.4 is 15.4 Å². The largest absolute Gasteiger partial charge is 0.493 e. The highest BCUT2D eigenvalue weighted by Crippen LogP contribution is 2.18. The standard InChI is InChI=1S/C24H31N3O3S/c1-4-15-27(16-5-2)23(29)18-11-13-19(14-12-18)25-24(31)26-22(28)20-9-7-8-10-21(20)30-17-6-3/h7-14H,4-6,15-17H2,1-3H3,(H2,25,26,28,31). The third-order valence-corrected chi connectivity index (χ3v) is 4.69. The second kappa shape index (κ2) is 12.7. The number of amides is 2. The quantitative estimate of drug-likeness (QED) is 0.515. The monoisotopic (exact) mass is 441 g/mol. The number of thiocarbonyl (C=S) groups is 1. The molecule has 2 amide bonds. The highest BCUT2D eigenvalue weighted by molar-refractivity contribution is 7.80. The Morgan fingerprint density at radius 3 is 2.19 bits per heavy atom. The number of carbonyl (C=O) groups excluding carboxylic acids is 2.